The Bertz CT molecular complexity index is 398. The summed E-state index contributed by atoms with van der Waals surface area (Å²) in [6, 6.07) is 3.43. The molecule has 17 heavy (non-hydrogen) atoms. The van der Waals surface area contributed by atoms with Crippen molar-refractivity contribution in [2.75, 3.05) is 19.0 Å². The maximum atomic E-state index is 13.2. The van der Waals surface area contributed by atoms with E-state index in [4.69, 9.17) is 4.74 Å². The Morgan fingerprint density at radius 3 is 2.76 bits per heavy atom. The van der Waals surface area contributed by atoms with Gasteiger partial charge >= 0.3 is 0 Å². The monoisotopic (exact) mass is 242 g/mol. The van der Waals surface area contributed by atoms with Crippen LogP contribution in [0.15, 0.2) is 18.2 Å². The minimum absolute atomic E-state index is 0.00130. The van der Waals surface area contributed by atoms with Crippen LogP contribution in [0.3, 0.4) is 0 Å². The van der Waals surface area contributed by atoms with Gasteiger partial charge in [0.1, 0.15) is 5.82 Å². The lowest BCUT2D eigenvalue weighted by molar-refractivity contribution is -0.385. The number of non-ortho nitro benzene ring substituents is 1. The highest BCUT2D eigenvalue weighted by Crippen LogP contribution is 2.21. The van der Waals surface area contributed by atoms with Crippen molar-refractivity contribution in [2.45, 2.75) is 19.4 Å². The second-order valence-corrected chi connectivity index (χ2v) is 3.66. The van der Waals surface area contributed by atoms with Crippen LogP contribution >= 0.6 is 0 Å². The van der Waals surface area contributed by atoms with Crippen LogP contribution in [0, 0.1) is 15.9 Å². The van der Waals surface area contributed by atoms with Crippen LogP contribution in [0.25, 0.3) is 0 Å². The normalized spacial score (nSPS) is 12.2. The SMILES string of the molecule is CCC(COC)Nc1cc(F)cc([N+](=O)[O-])c1. The van der Waals surface area contributed by atoms with E-state index >= 15 is 0 Å². The molecule has 0 amide bonds. The van der Waals surface area contributed by atoms with Gasteiger partial charge in [-0.25, -0.2) is 4.39 Å². The second-order valence-electron chi connectivity index (χ2n) is 3.66. The third-order valence-electron chi connectivity index (χ3n) is 2.32. The van der Waals surface area contributed by atoms with E-state index in [1.807, 2.05) is 6.92 Å². The third-order valence-corrected chi connectivity index (χ3v) is 2.32. The number of nitro groups is 1. The van der Waals surface area contributed by atoms with Crippen molar-refractivity contribution in [3.63, 3.8) is 0 Å². The Morgan fingerprint density at radius 2 is 2.24 bits per heavy atom. The maximum absolute atomic E-state index is 13.2. The molecule has 1 aromatic carbocycles. The van der Waals surface area contributed by atoms with E-state index in [1.54, 1.807) is 7.11 Å². The molecule has 0 bridgehead atoms. The predicted octanol–water partition coefficient (Wildman–Crippen LogP) is 2.57. The number of methoxy groups -OCH3 is 1. The van der Waals surface area contributed by atoms with Crippen LogP contribution in [0.5, 0.6) is 0 Å². The predicted molar refractivity (Wildman–Crippen MR) is 62.6 cm³/mol. The van der Waals surface area contributed by atoms with Gasteiger partial charge in [0.15, 0.2) is 0 Å². The molecule has 0 radical (unpaired) electrons. The number of nitro benzene ring substituents is 1. The van der Waals surface area contributed by atoms with Gasteiger partial charge in [0.25, 0.3) is 5.69 Å². The summed E-state index contributed by atoms with van der Waals surface area (Å²) < 4.78 is 18.1. The highest BCUT2D eigenvalue weighted by atomic mass is 19.1. The summed E-state index contributed by atoms with van der Waals surface area (Å²) in [7, 11) is 1.57. The topological polar surface area (TPSA) is 64.4 Å². The zero-order chi connectivity index (χ0) is 12.8. The first-order valence-corrected chi connectivity index (χ1v) is 5.27. The molecule has 0 heterocycles. The Balaban J connectivity index is 2.86. The zero-order valence-corrected chi connectivity index (χ0v) is 9.77. The van der Waals surface area contributed by atoms with E-state index in [0.717, 1.165) is 12.5 Å². The molecule has 94 valence electrons. The summed E-state index contributed by atoms with van der Waals surface area (Å²) in [6.45, 7) is 2.41. The first-order valence-electron chi connectivity index (χ1n) is 5.27. The number of hydrogen-bond donors (Lipinski definition) is 1. The fourth-order valence-corrected chi connectivity index (χ4v) is 1.46. The Kier molecular flexibility index (Phi) is 4.84. The Labute approximate surface area is 98.7 Å². The molecule has 1 atom stereocenters. The third kappa shape index (κ3) is 3.99. The van der Waals surface area contributed by atoms with Crippen molar-refractivity contribution in [1.82, 2.24) is 0 Å². The highest BCUT2D eigenvalue weighted by Gasteiger charge is 2.12. The van der Waals surface area contributed by atoms with Crippen molar-refractivity contribution in [2.24, 2.45) is 0 Å². The van der Waals surface area contributed by atoms with Crippen LogP contribution in [0.2, 0.25) is 0 Å². The number of ether oxygens (including phenoxy) is 1. The smallest absolute Gasteiger partial charge is 0.274 e. The first-order chi connectivity index (χ1) is 8.06. The summed E-state index contributed by atoms with van der Waals surface area (Å²) in [4.78, 5) is 9.95. The highest BCUT2D eigenvalue weighted by molar-refractivity contribution is 5.52. The summed E-state index contributed by atoms with van der Waals surface area (Å²) in [5, 5.41) is 13.6. The van der Waals surface area contributed by atoms with Gasteiger partial charge in [0, 0.05) is 24.9 Å². The number of halogens is 1. The molecule has 0 saturated carbocycles. The number of anilines is 1. The number of benzene rings is 1. The zero-order valence-electron chi connectivity index (χ0n) is 9.77. The van der Waals surface area contributed by atoms with E-state index in [1.165, 1.54) is 12.1 Å². The largest absolute Gasteiger partial charge is 0.383 e. The van der Waals surface area contributed by atoms with Crippen molar-refractivity contribution in [1.29, 1.82) is 0 Å². The molecule has 0 fully saturated rings. The fraction of sp³-hybridized carbons (Fsp3) is 0.455. The lowest BCUT2D eigenvalue weighted by Crippen LogP contribution is -2.23. The molecule has 1 unspecified atom stereocenters. The summed E-state index contributed by atoms with van der Waals surface area (Å²) in [5.74, 6) is -0.631. The molecule has 0 spiro atoms. The van der Waals surface area contributed by atoms with Crippen molar-refractivity contribution < 1.29 is 14.1 Å². The summed E-state index contributed by atoms with van der Waals surface area (Å²) >= 11 is 0. The molecule has 6 heteroatoms. The van der Waals surface area contributed by atoms with E-state index < -0.39 is 10.7 Å². The molecule has 0 aliphatic heterocycles. The Morgan fingerprint density at radius 1 is 1.53 bits per heavy atom. The van der Waals surface area contributed by atoms with Crippen LogP contribution in [0.4, 0.5) is 15.8 Å². The van der Waals surface area contributed by atoms with E-state index in [0.29, 0.717) is 12.3 Å². The van der Waals surface area contributed by atoms with Crippen LogP contribution in [0.1, 0.15) is 13.3 Å². The quantitative estimate of drug-likeness (QED) is 0.615. The van der Waals surface area contributed by atoms with Gasteiger partial charge in [-0.1, -0.05) is 6.92 Å². The molecule has 1 rings (SSSR count). The van der Waals surface area contributed by atoms with Gasteiger partial charge < -0.3 is 10.1 Å². The molecule has 0 aliphatic carbocycles. The van der Waals surface area contributed by atoms with Crippen molar-refractivity contribution >= 4 is 11.4 Å². The fourth-order valence-electron chi connectivity index (χ4n) is 1.46. The van der Waals surface area contributed by atoms with Gasteiger partial charge in [0.05, 0.1) is 17.6 Å². The van der Waals surface area contributed by atoms with Crippen LogP contribution in [-0.2, 0) is 4.74 Å². The molecule has 1 N–H and O–H groups in total. The molecule has 0 saturated heterocycles. The van der Waals surface area contributed by atoms with E-state index in [2.05, 4.69) is 5.32 Å². The van der Waals surface area contributed by atoms with Gasteiger partial charge in [-0.15, -0.1) is 0 Å². The lowest BCUT2D eigenvalue weighted by Gasteiger charge is -2.17. The minimum Gasteiger partial charge on any atom is -0.383 e. The lowest BCUT2D eigenvalue weighted by atomic mass is 10.2. The average Bonchev–Trinajstić information content (AvgIpc) is 2.27. The van der Waals surface area contributed by atoms with Gasteiger partial charge in [-0.2, -0.15) is 0 Å². The number of rotatable bonds is 6. The maximum Gasteiger partial charge on any atom is 0.274 e. The average molecular weight is 242 g/mol. The summed E-state index contributed by atoms with van der Waals surface area (Å²) in [6.07, 6.45) is 0.776. The van der Waals surface area contributed by atoms with Crippen molar-refractivity contribution in [3.05, 3.63) is 34.1 Å². The first kappa shape index (κ1) is 13.4. The van der Waals surface area contributed by atoms with E-state index in [-0.39, 0.29) is 11.7 Å². The molecular weight excluding hydrogens is 227 g/mol. The number of hydrogen-bond acceptors (Lipinski definition) is 4. The molecular formula is C11H15FN2O3. The molecule has 0 aromatic heterocycles. The minimum atomic E-state index is -0.631. The van der Waals surface area contributed by atoms with Crippen LogP contribution < -0.4 is 5.32 Å². The standard InChI is InChI=1S/C11H15FN2O3/c1-3-9(7-17-2)13-10-4-8(12)5-11(6-10)14(15)16/h4-6,9,13H,3,7H2,1-2H3. The number of nitrogens with zero attached hydrogens (tertiary/aromatic N) is 1. The van der Waals surface area contributed by atoms with Crippen molar-refractivity contribution in [3.8, 4) is 0 Å². The number of nitrogens with one attached hydrogen (secondary N) is 1. The van der Waals surface area contributed by atoms with Gasteiger partial charge in [0.2, 0.25) is 0 Å². The molecule has 1 aromatic rings. The molecule has 0 aliphatic rings. The Hall–Kier alpha value is -1.69. The van der Waals surface area contributed by atoms with Crippen LogP contribution in [-0.4, -0.2) is 24.7 Å². The van der Waals surface area contributed by atoms with Gasteiger partial charge in [-0.3, -0.25) is 10.1 Å². The van der Waals surface area contributed by atoms with Gasteiger partial charge in [-0.05, 0) is 12.5 Å². The second kappa shape index (κ2) is 6.15. The van der Waals surface area contributed by atoms with E-state index in [9.17, 15) is 14.5 Å². The summed E-state index contributed by atoms with van der Waals surface area (Å²) in [5.41, 5.74) is 0.125. The molecule has 5 nitrogen and oxygen atoms in total.